The van der Waals surface area contributed by atoms with Crippen molar-refractivity contribution in [3.05, 3.63) is 0 Å². The number of unbranched alkanes of at least 4 members (excludes halogenated alkanes) is 28. The predicted octanol–water partition coefficient (Wildman–Crippen LogP) is 12.0. The molecule has 0 aliphatic rings. The molecular formula is C39H78N6S2. The second-order valence-corrected chi connectivity index (χ2v) is 14.3. The maximum Gasteiger partial charge on any atom is 0.186 e. The van der Waals surface area contributed by atoms with Crippen molar-refractivity contribution in [2.24, 2.45) is 10.2 Å². The van der Waals surface area contributed by atoms with E-state index in [1.165, 1.54) is 167 Å². The van der Waals surface area contributed by atoms with E-state index in [0.717, 1.165) is 45.2 Å². The molecule has 0 bridgehead atoms. The van der Waals surface area contributed by atoms with E-state index >= 15 is 0 Å². The summed E-state index contributed by atoms with van der Waals surface area (Å²) in [6, 6.07) is 0. The molecular weight excluding hydrogens is 617 g/mol. The number of hydrogen-bond acceptors (Lipinski definition) is 4. The van der Waals surface area contributed by atoms with Crippen LogP contribution in [0.25, 0.3) is 0 Å². The molecule has 0 atom stereocenters. The van der Waals surface area contributed by atoms with Crippen LogP contribution in [0.3, 0.4) is 0 Å². The lowest BCUT2D eigenvalue weighted by molar-refractivity contribution is 0.535. The van der Waals surface area contributed by atoms with Gasteiger partial charge in [-0.05, 0) is 56.5 Å². The quantitative estimate of drug-likeness (QED) is 0.0226. The lowest BCUT2D eigenvalue weighted by Gasteiger charge is -2.07. The number of hydrogen-bond donors (Lipinski definition) is 4. The molecule has 6 nitrogen and oxygen atoms in total. The van der Waals surface area contributed by atoms with Gasteiger partial charge in [-0.2, -0.15) is 10.2 Å². The Balaban J connectivity index is 3.36. The van der Waals surface area contributed by atoms with Gasteiger partial charge >= 0.3 is 0 Å². The van der Waals surface area contributed by atoms with Gasteiger partial charge in [-0.1, -0.05) is 181 Å². The lowest BCUT2D eigenvalue weighted by Crippen LogP contribution is -2.32. The van der Waals surface area contributed by atoms with Gasteiger partial charge in [0.2, 0.25) is 0 Å². The number of rotatable bonds is 36. The van der Waals surface area contributed by atoms with E-state index in [2.05, 4.69) is 45.5 Å². The zero-order valence-electron chi connectivity index (χ0n) is 31.2. The molecule has 0 amide bonds. The highest BCUT2D eigenvalue weighted by Crippen LogP contribution is 2.14. The van der Waals surface area contributed by atoms with Gasteiger partial charge in [-0.3, -0.25) is 10.9 Å². The standard InChI is InChI=1S/C39H78N6S2/c1-3-5-7-9-11-13-15-17-19-21-23-25-27-30-34-40-38(46)44-42-36-32-29-33-37-43-45-39(47)41-35-31-28-26-24-22-20-18-16-14-12-10-8-6-4-2/h36-37H,3-35H2,1-2H3,(H2,40,44,46)(H2,41,45,47)/b42-36+,43-37+. The molecule has 0 heterocycles. The van der Waals surface area contributed by atoms with Gasteiger partial charge in [0.25, 0.3) is 0 Å². The molecule has 47 heavy (non-hydrogen) atoms. The second kappa shape index (κ2) is 40.9. The summed E-state index contributed by atoms with van der Waals surface area (Å²) in [5.74, 6) is 0. The largest absolute Gasteiger partial charge is 0.361 e. The highest BCUT2D eigenvalue weighted by atomic mass is 32.1. The molecule has 0 radical (unpaired) electrons. The van der Waals surface area contributed by atoms with Crippen molar-refractivity contribution in [3.8, 4) is 0 Å². The van der Waals surface area contributed by atoms with E-state index in [9.17, 15) is 0 Å². The van der Waals surface area contributed by atoms with Crippen LogP contribution < -0.4 is 21.5 Å². The van der Waals surface area contributed by atoms with Crippen LogP contribution in [0.5, 0.6) is 0 Å². The van der Waals surface area contributed by atoms with Crippen molar-refractivity contribution in [3.63, 3.8) is 0 Å². The van der Waals surface area contributed by atoms with Crippen molar-refractivity contribution < 1.29 is 0 Å². The minimum atomic E-state index is 0.608. The van der Waals surface area contributed by atoms with Crippen LogP contribution in [0.15, 0.2) is 10.2 Å². The molecule has 276 valence electrons. The summed E-state index contributed by atoms with van der Waals surface area (Å²) < 4.78 is 0. The maximum absolute atomic E-state index is 5.32. The van der Waals surface area contributed by atoms with Crippen LogP contribution in [0.2, 0.25) is 0 Å². The van der Waals surface area contributed by atoms with Gasteiger partial charge in [-0.15, -0.1) is 0 Å². The molecule has 0 saturated heterocycles. The minimum Gasteiger partial charge on any atom is -0.361 e. The van der Waals surface area contributed by atoms with Crippen LogP contribution >= 0.6 is 24.4 Å². The Bertz CT molecular complexity index is 658. The normalized spacial score (nSPS) is 11.4. The van der Waals surface area contributed by atoms with Crippen molar-refractivity contribution in [2.75, 3.05) is 13.1 Å². The van der Waals surface area contributed by atoms with E-state index in [0.29, 0.717) is 10.2 Å². The summed E-state index contributed by atoms with van der Waals surface area (Å²) in [7, 11) is 0. The van der Waals surface area contributed by atoms with Gasteiger partial charge in [0.1, 0.15) is 0 Å². The summed E-state index contributed by atoms with van der Waals surface area (Å²) in [6.07, 6.45) is 45.1. The SMILES string of the molecule is CCCCCCCCCCCCCCCCNC(=S)N/N=C/CCC/C=N/NC(=S)NCCCCCCCCCCCCCCCC. The average Bonchev–Trinajstić information content (AvgIpc) is 3.07. The fraction of sp³-hybridized carbons (Fsp3) is 0.897. The molecule has 0 aliphatic heterocycles. The molecule has 0 spiro atoms. The van der Waals surface area contributed by atoms with Crippen LogP contribution in [0.1, 0.15) is 213 Å². The first-order valence-electron chi connectivity index (χ1n) is 20.3. The van der Waals surface area contributed by atoms with E-state index in [4.69, 9.17) is 24.4 Å². The van der Waals surface area contributed by atoms with Gasteiger partial charge in [-0.25, -0.2) is 0 Å². The van der Waals surface area contributed by atoms with Crippen molar-refractivity contribution >= 4 is 47.1 Å². The average molecular weight is 695 g/mol. The first-order valence-corrected chi connectivity index (χ1v) is 21.1. The van der Waals surface area contributed by atoms with E-state index < -0.39 is 0 Å². The molecule has 0 aromatic carbocycles. The number of nitrogens with zero attached hydrogens (tertiary/aromatic N) is 2. The third-order valence-electron chi connectivity index (χ3n) is 8.81. The Labute approximate surface area is 303 Å². The van der Waals surface area contributed by atoms with E-state index in [1.807, 2.05) is 12.4 Å². The fourth-order valence-electron chi connectivity index (χ4n) is 5.76. The fourth-order valence-corrected chi connectivity index (χ4v) is 6.07. The molecule has 0 fully saturated rings. The van der Waals surface area contributed by atoms with Gasteiger partial charge in [0.15, 0.2) is 10.2 Å². The Kier molecular flexibility index (Phi) is 39.8. The highest BCUT2D eigenvalue weighted by Gasteiger charge is 1.97. The topological polar surface area (TPSA) is 72.8 Å². The summed E-state index contributed by atoms with van der Waals surface area (Å²) in [5.41, 5.74) is 5.84. The molecule has 0 rings (SSSR count). The predicted molar refractivity (Wildman–Crippen MR) is 219 cm³/mol. The Morgan fingerprint density at radius 3 is 0.915 bits per heavy atom. The van der Waals surface area contributed by atoms with Crippen molar-refractivity contribution in [2.45, 2.75) is 213 Å². The third kappa shape index (κ3) is 40.8. The number of thiocarbonyl (C=S) groups is 2. The maximum atomic E-state index is 5.32. The summed E-state index contributed by atoms with van der Waals surface area (Å²) in [6.45, 7) is 6.41. The Morgan fingerprint density at radius 2 is 0.638 bits per heavy atom. The van der Waals surface area contributed by atoms with Crippen LogP contribution in [0.4, 0.5) is 0 Å². The number of hydrazone groups is 2. The zero-order chi connectivity index (χ0) is 34.1. The van der Waals surface area contributed by atoms with Crippen LogP contribution in [-0.4, -0.2) is 35.7 Å². The number of nitrogens with one attached hydrogen (secondary N) is 4. The van der Waals surface area contributed by atoms with Crippen molar-refractivity contribution in [1.82, 2.24) is 21.5 Å². The van der Waals surface area contributed by atoms with Gasteiger partial charge in [0.05, 0.1) is 0 Å². The van der Waals surface area contributed by atoms with Crippen molar-refractivity contribution in [1.29, 1.82) is 0 Å². The first-order chi connectivity index (χ1) is 23.2. The first kappa shape index (κ1) is 45.7. The summed E-state index contributed by atoms with van der Waals surface area (Å²) in [4.78, 5) is 0. The van der Waals surface area contributed by atoms with Gasteiger partial charge < -0.3 is 10.6 Å². The highest BCUT2D eigenvalue weighted by molar-refractivity contribution is 7.80. The monoisotopic (exact) mass is 695 g/mol. The van der Waals surface area contributed by atoms with Crippen LogP contribution in [0, 0.1) is 0 Å². The molecule has 4 N–H and O–H groups in total. The van der Waals surface area contributed by atoms with E-state index in [1.54, 1.807) is 0 Å². The minimum absolute atomic E-state index is 0.608. The summed E-state index contributed by atoms with van der Waals surface area (Å²) in [5, 5.41) is 16.2. The smallest absolute Gasteiger partial charge is 0.186 e. The molecule has 0 aromatic rings. The molecule has 0 saturated carbocycles. The lowest BCUT2D eigenvalue weighted by atomic mass is 10.0. The molecule has 0 unspecified atom stereocenters. The van der Waals surface area contributed by atoms with Gasteiger partial charge in [0, 0.05) is 25.5 Å². The molecule has 0 aliphatic carbocycles. The van der Waals surface area contributed by atoms with E-state index in [-0.39, 0.29) is 0 Å². The third-order valence-corrected chi connectivity index (χ3v) is 9.28. The molecule has 0 aromatic heterocycles. The van der Waals surface area contributed by atoms with Crippen LogP contribution in [-0.2, 0) is 0 Å². The Hall–Kier alpha value is -1.28. The Morgan fingerprint density at radius 1 is 0.383 bits per heavy atom. The zero-order valence-corrected chi connectivity index (χ0v) is 32.8. The molecule has 8 heteroatoms. The summed E-state index contributed by atoms with van der Waals surface area (Å²) >= 11 is 10.6. The second-order valence-electron chi connectivity index (χ2n) is 13.5.